The Morgan fingerprint density at radius 1 is 1.38 bits per heavy atom. The largest absolute Gasteiger partial charge is 0.416 e. The minimum absolute atomic E-state index is 0.125. The van der Waals surface area contributed by atoms with Crippen molar-refractivity contribution in [1.29, 1.82) is 0 Å². The lowest BCUT2D eigenvalue weighted by Gasteiger charge is -2.17. The number of benzene rings is 1. The van der Waals surface area contributed by atoms with Crippen molar-refractivity contribution in [3.05, 3.63) is 51.2 Å². The first-order valence-corrected chi connectivity index (χ1v) is 6.93. The smallest absolute Gasteiger partial charge is 0.271 e. The lowest BCUT2D eigenvalue weighted by molar-refractivity contribution is -0.137. The second-order valence-electron chi connectivity index (χ2n) is 4.54. The van der Waals surface area contributed by atoms with Crippen molar-refractivity contribution in [2.24, 2.45) is 5.84 Å². The average molecular weight is 319 g/mol. The number of hydrogen-bond acceptors (Lipinski definition) is 4. The van der Waals surface area contributed by atoms with Gasteiger partial charge in [-0.15, -0.1) is 11.3 Å². The number of aryl methyl sites for hydroxylation is 1. The summed E-state index contributed by atoms with van der Waals surface area (Å²) in [6, 6.07) is 1.51. The average Bonchev–Trinajstić information content (AvgIpc) is 2.81. The molecule has 1 unspecified atom stereocenters. The highest BCUT2D eigenvalue weighted by Gasteiger charge is 2.32. The lowest BCUT2D eigenvalue weighted by atomic mass is 10.0. The number of nitrogens with one attached hydrogen (secondary N) is 1. The zero-order valence-electron chi connectivity index (χ0n) is 11.0. The molecule has 0 saturated carbocycles. The van der Waals surface area contributed by atoms with Crippen molar-refractivity contribution < 1.29 is 17.6 Å². The van der Waals surface area contributed by atoms with Crippen LogP contribution >= 0.6 is 11.3 Å². The molecule has 0 bridgehead atoms. The molecule has 0 radical (unpaired) electrons. The number of alkyl halides is 3. The van der Waals surface area contributed by atoms with Gasteiger partial charge in [0, 0.05) is 23.1 Å². The van der Waals surface area contributed by atoms with Crippen LogP contribution in [0.1, 0.15) is 27.9 Å². The first kappa shape index (κ1) is 15.9. The van der Waals surface area contributed by atoms with Gasteiger partial charge in [-0.2, -0.15) is 13.2 Å². The van der Waals surface area contributed by atoms with Crippen LogP contribution < -0.4 is 11.3 Å². The molecule has 3 N–H and O–H groups in total. The fourth-order valence-corrected chi connectivity index (χ4v) is 2.74. The molecule has 114 valence electrons. The van der Waals surface area contributed by atoms with Crippen LogP contribution in [0.2, 0.25) is 0 Å². The van der Waals surface area contributed by atoms with Gasteiger partial charge in [-0.1, -0.05) is 0 Å². The third-order valence-electron chi connectivity index (χ3n) is 2.95. The van der Waals surface area contributed by atoms with Crippen LogP contribution in [0.3, 0.4) is 0 Å². The predicted octanol–water partition coefficient (Wildman–Crippen LogP) is 3.36. The maximum Gasteiger partial charge on any atom is 0.416 e. The van der Waals surface area contributed by atoms with Crippen LogP contribution in [0.25, 0.3) is 0 Å². The van der Waals surface area contributed by atoms with E-state index < -0.39 is 23.6 Å². The molecule has 0 aliphatic rings. The van der Waals surface area contributed by atoms with E-state index in [1.807, 2.05) is 5.38 Å². The lowest BCUT2D eigenvalue weighted by Crippen LogP contribution is -2.30. The molecule has 0 spiro atoms. The fourth-order valence-electron chi connectivity index (χ4n) is 1.92. The van der Waals surface area contributed by atoms with Gasteiger partial charge < -0.3 is 0 Å². The normalized spacial score (nSPS) is 13.4. The summed E-state index contributed by atoms with van der Waals surface area (Å²) in [6.07, 6.45) is -4.31. The molecule has 0 aliphatic heterocycles. The van der Waals surface area contributed by atoms with Gasteiger partial charge in [-0.05, 0) is 25.1 Å². The van der Waals surface area contributed by atoms with Crippen LogP contribution in [0.4, 0.5) is 17.6 Å². The second-order valence-corrected chi connectivity index (χ2v) is 5.48. The van der Waals surface area contributed by atoms with Crippen molar-refractivity contribution in [2.75, 3.05) is 0 Å². The number of hydrogen-bond donors (Lipinski definition) is 2. The first-order chi connectivity index (χ1) is 9.81. The summed E-state index contributed by atoms with van der Waals surface area (Å²) in [4.78, 5) is 4.20. The van der Waals surface area contributed by atoms with Crippen molar-refractivity contribution in [3.8, 4) is 0 Å². The third-order valence-corrected chi connectivity index (χ3v) is 3.93. The van der Waals surface area contributed by atoms with Crippen molar-refractivity contribution in [2.45, 2.75) is 25.6 Å². The molecule has 1 aromatic heterocycles. The Kier molecular flexibility index (Phi) is 4.60. The molecule has 21 heavy (non-hydrogen) atoms. The van der Waals surface area contributed by atoms with E-state index in [0.717, 1.165) is 17.8 Å². The first-order valence-electron chi connectivity index (χ1n) is 6.05. The van der Waals surface area contributed by atoms with E-state index >= 15 is 0 Å². The van der Waals surface area contributed by atoms with E-state index in [1.165, 1.54) is 11.3 Å². The Labute approximate surface area is 122 Å². The Morgan fingerprint density at radius 3 is 2.62 bits per heavy atom. The maximum atomic E-state index is 13.8. The van der Waals surface area contributed by atoms with Crippen LogP contribution in [-0.4, -0.2) is 4.98 Å². The standard InChI is InChI=1S/C13H13F4N3S/c1-7-6-21-12(19-7)5-11(20-18)9-4-8(13(15,16)17)2-3-10(9)14/h2-4,6,11,20H,5,18H2,1H3. The Balaban J connectivity index is 2.33. The quantitative estimate of drug-likeness (QED) is 0.516. The highest BCUT2D eigenvalue weighted by molar-refractivity contribution is 7.09. The molecule has 1 atom stereocenters. The van der Waals surface area contributed by atoms with E-state index in [2.05, 4.69) is 10.4 Å². The van der Waals surface area contributed by atoms with E-state index in [0.29, 0.717) is 11.1 Å². The monoisotopic (exact) mass is 319 g/mol. The van der Waals surface area contributed by atoms with Gasteiger partial charge in [-0.3, -0.25) is 11.3 Å². The van der Waals surface area contributed by atoms with Crippen molar-refractivity contribution >= 4 is 11.3 Å². The SMILES string of the molecule is Cc1csc(CC(NN)c2cc(C(F)(F)F)ccc2F)n1. The van der Waals surface area contributed by atoms with Crippen molar-refractivity contribution in [3.63, 3.8) is 0 Å². The van der Waals surface area contributed by atoms with Crippen LogP contribution in [0, 0.1) is 12.7 Å². The molecule has 3 nitrogen and oxygen atoms in total. The molecule has 0 saturated heterocycles. The zero-order chi connectivity index (χ0) is 15.6. The van der Waals surface area contributed by atoms with Crippen LogP contribution in [0.5, 0.6) is 0 Å². The summed E-state index contributed by atoms with van der Waals surface area (Å²) in [5, 5.41) is 2.48. The van der Waals surface area contributed by atoms with E-state index in [4.69, 9.17) is 5.84 Å². The number of thiazole rings is 1. The molecule has 0 aliphatic carbocycles. The molecule has 2 aromatic rings. The van der Waals surface area contributed by atoms with Gasteiger partial charge in [0.05, 0.1) is 16.6 Å². The number of rotatable bonds is 4. The number of halogens is 4. The molecular formula is C13H13F4N3S. The van der Waals surface area contributed by atoms with E-state index in [1.54, 1.807) is 6.92 Å². The molecule has 2 rings (SSSR count). The highest BCUT2D eigenvalue weighted by Crippen LogP contribution is 2.32. The Morgan fingerprint density at radius 2 is 2.10 bits per heavy atom. The van der Waals surface area contributed by atoms with Crippen LogP contribution in [0.15, 0.2) is 23.6 Å². The second kappa shape index (κ2) is 6.08. The minimum atomic E-state index is -4.53. The molecular weight excluding hydrogens is 306 g/mol. The number of aromatic nitrogens is 1. The summed E-state index contributed by atoms with van der Waals surface area (Å²) in [7, 11) is 0. The van der Waals surface area contributed by atoms with Crippen LogP contribution in [-0.2, 0) is 12.6 Å². The van der Waals surface area contributed by atoms with E-state index in [9.17, 15) is 17.6 Å². The fraction of sp³-hybridized carbons (Fsp3) is 0.308. The van der Waals surface area contributed by atoms with Gasteiger partial charge in [-0.25, -0.2) is 9.37 Å². The Bertz CT molecular complexity index is 624. The summed E-state index contributed by atoms with van der Waals surface area (Å²) in [5.41, 5.74) is 2.12. The van der Waals surface area contributed by atoms with Gasteiger partial charge in [0.2, 0.25) is 0 Å². The van der Waals surface area contributed by atoms with Crippen molar-refractivity contribution in [1.82, 2.24) is 10.4 Å². The predicted molar refractivity (Wildman–Crippen MR) is 72.0 cm³/mol. The number of nitrogens with two attached hydrogens (primary N) is 1. The molecule has 1 aromatic carbocycles. The maximum absolute atomic E-state index is 13.8. The summed E-state index contributed by atoms with van der Waals surface area (Å²) in [6.45, 7) is 1.80. The topological polar surface area (TPSA) is 50.9 Å². The zero-order valence-corrected chi connectivity index (χ0v) is 11.9. The van der Waals surface area contributed by atoms with Gasteiger partial charge in [0.25, 0.3) is 0 Å². The minimum Gasteiger partial charge on any atom is -0.271 e. The summed E-state index contributed by atoms with van der Waals surface area (Å²) >= 11 is 1.35. The van der Waals surface area contributed by atoms with E-state index in [-0.39, 0.29) is 12.0 Å². The number of hydrazine groups is 1. The molecule has 0 amide bonds. The molecule has 1 heterocycles. The van der Waals surface area contributed by atoms with Gasteiger partial charge in [0.1, 0.15) is 5.82 Å². The summed E-state index contributed by atoms with van der Waals surface area (Å²) < 4.78 is 52.0. The van der Waals surface area contributed by atoms with Gasteiger partial charge >= 0.3 is 6.18 Å². The van der Waals surface area contributed by atoms with Gasteiger partial charge in [0.15, 0.2) is 0 Å². The number of nitrogens with zero attached hydrogens (tertiary/aromatic N) is 1. The Hall–Kier alpha value is -1.51. The molecule has 8 heteroatoms. The third kappa shape index (κ3) is 3.78. The molecule has 0 fully saturated rings. The summed E-state index contributed by atoms with van der Waals surface area (Å²) in [5.74, 6) is 4.63. The highest BCUT2D eigenvalue weighted by atomic mass is 32.1.